The summed E-state index contributed by atoms with van der Waals surface area (Å²) in [7, 11) is 2.16. The Balaban J connectivity index is 1.12. The first-order chi connectivity index (χ1) is 22.3. The van der Waals surface area contributed by atoms with Crippen molar-refractivity contribution in [3.63, 3.8) is 0 Å². The lowest BCUT2D eigenvalue weighted by Gasteiger charge is -2.32. The Morgan fingerprint density at radius 2 is 1.67 bits per heavy atom. The highest BCUT2D eigenvalue weighted by Crippen LogP contribution is 2.49. The summed E-state index contributed by atoms with van der Waals surface area (Å²) < 4.78 is 22.6. The second-order valence-electron chi connectivity index (χ2n) is 12.0. The number of hydrogen-bond donors (Lipinski definition) is 1. The lowest BCUT2D eigenvalue weighted by molar-refractivity contribution is -0.133. The molecule has 1 aliphatic carbocycles. The Hall–Kier alpha value is -4.64. The highest BCUT2D eigenvalue weighted by atomic mass is 32.1. The fourth-order valence-corrected chi connectivity index (χ4v) is 6.94. The number of anilines is 2. The Morgan fingerprint density at radius 1 is 0.935 bits per heavy atom. The molecule has 46 heavy (non-hydrogen) atoms. The number of aromatic nitrogens is 1. The molecule has 3 aromatic carbocycles. The van der Waals surface area contributed by atoms with Crippen molar-refractivity contribution in [3.8, 4) is 21.9 Å². The topological polar surface area (TPSA) is 92.0 Å². The fraction of sp³-hybridized carbons (Fsp3) is 0.250. The van der Waals surface area contributed by atoms with Gasteiger partial charge in [0.15, 0.2) is 11.6 Å². The molecule has 0 spiro atoms. The Kier molecular flexibility index (Phi) is 8.02. The molecule has 1 aliphatic heterocycles. The number of ether oxygens (including phenoxy) is 1. The van der Waals surface area contributed by atoms with E-state index >= 15 is 4.39 Å². The average Bonchev–Trinajstić information content (AvgIpc) is 3.77. The maximum atomic E-state index is 15.7. The van der Waals surface area contributed by atoms with Crippen LogP contribution in [0.4, 0.5) is 15.8 Å². The van der Waals surface area contributed by atoms with E-state index in [1.807, 2.05) is 12.1 Å². The van der Waals surface area contributed by atoms with Gasteiger partial charge in [-0.1, -0.05) is 42.5 Å². The minimum Gasteiger partial charge on any atom is -0.453 e. The number of pyridine rings is 1. The van der Waals surface area contributed by atoms with Crippen LogP contribution >= 0.6 is 11.3 Å². The van der Waals surface area contributed by atoms with Crippen LogP contribution in [-0.2, 0) is 16.1 Å². The molecule has 2 amide bonds. The van der Waals surface area contributed by atoms with Crippen molar-refractivity contribution in [1.29, 1.82) is 0 Å². The van der Waals surface area contributed by atoms with Gasteiger partial charge in [0.2, 0.25) is 11.8 Å². The molecule has 2 aliphatic rings. The lowest BCUT2D eigenvalue weighted by atomic mass is 10.0. The van der Waals surface area contributed by atoms with Crippen LogP contribution < -0.4 is 15.4 Å². The van der Waals surface area contributed by atoms with Gasteiger partial charge < -0.3 is 15.4 Å². The van der Waals surface area contributed by atoms with Crippen LogP contribution in [-0.4, -0.2) is 59.8 Å². The molecular formula is C36H34FN5O3S. The zero-order valence-electron chi connectivity index (χ0n) is 25.5. The van der Waals surface area contributed by atoms with Crippen LogP contribution in [0.25, 0.3) is 20.7 Å². The number of rotatable bonds is 9. The van der Waals surface area contributed by atoms with Crippen molar-refractivity contribution in [2.75, 3.05) is 38.1 Å². The van der Waals surface area contributed by atoms with Gasteiger partial charge in [-0.05, 0) is 61.3 Å². The Labute approximate surface area is 270 Å². The molecule has 7 rings (SSSR count). The normalized spacial score (nSPS) is 16.3. The number of amides is 2. The third-order valence-electron chi connectivity index (χ3n) is 8.86. The van der Waals surface area contributed by atoms with E-state index in [-0.39, 0.29) is 11.4 Å². The van der Waals surface area contributed by atoms with Crippen LogP contribution in [0.15, 0.2) is 91.1 Å². The zero-order chi connectivity index (χ0) is 31.8. The number of halogens is 1. The fourth-order valence-electron chi connectivity index (χ4n) is 5.87. The summed E-state index contributed by atoms with van der Waals surface area (Å²) >= 11 is 1.54. The number of benzene rings is 3. The minimum absolute atomic E-state index is 0.0101. The second kappa shape index (κ2) is 12.3. The molecule has 0 unspecified atom stereocenters. The number of fused-ring (bicyclic) bond motifs is 1. The van der Waals surface area contributed by atoms with Crippen LogP contribution in [0.5, 0.6) is 11.5 Å². The summed E-state index contributed by atoms with van der Waals surface area (Å²) in [5, 5.41) is 0. The molecule has 1 saturated heterocycles. The smallest absolute Gasteiger partial charge is 0.247 e. The molecule has 10 heteroatoms. The first-order valence-electron chi connectivity index (χ1n) is 15.4. The Bertz CT molecular complexity index is 1900. The molecule has 1 saturated carbocycles. The van der Waals surface area contributed by atoms with Crippen LogP contribution in [0.1, 0.15) is 18.4 Å². The van der Waals surface area contributed by atoms with Gasteiger partial charge in [0.25, 0.3) is 0 Å². The van der Waals surface area contributed by atoms with Crippen molar-refractivity contribution in [2.24, 2.45) is 11.1 Å². The third-order valence-corrected chi connectivity index (χ3v) is 10.0. The second-order valence-corrected chi connectivity index (χ2v) is 13.1. The maximum Gasteiger partial charge on any atom is 0.247 e. The SMILES string of the molecule is CN1CCN(Cc2ccc(-c3cc4nccc(Oc5ccc(N(C(=O)C6(C(N)=O)CC6)c6ccccc6)cc5F)c4s3)cc2)CC1. The lowest BCUT2D eigenvalue weighted by Crippen LogP contribution is -2.43. The number of primary amides is 1. The number of carbonyl (C=O) groups is 2. The molecule has 2 aromatic heterocycles. The van der Waals surface area contributed by atoms with Gasteiger partial charge in [-0.15, -0.1) is 11.3 Å². The first kappa shape index (κ1) is 30.0. The molecule has 5 aromatic rings. The van der Waals surface area contributed by atoms with Gasteiger partial charge in [0, 0.05) is 61.6 Å². The average molecular weight is 636 g/mol. The predicted molar refractivity (Wildman–Crippen MR) is 179 cm³/mol. The molecule has 234 valence electrons. The number of likely N-dealkylation sites (N-methyl/N-ethyl adjacent to an activating group) is 1. The molecule has 2 N–H and O–H groups in total. The molecule has 0 radical (unpaired) electrons. The van der Waals surface area contributed by atoms with E-state index in [1.54, 1.807) is 53.9 Å². The Morgan fingerprint density at radius 3 is 2.35 bits per heavy atom. The molecular weight excluding hydrogens is 601 g/mol. The van der Waals surface area contributed by atoms with E-state index in [4.69, 9.17) is 10.5 Å². The third kappa shape index (κ3) is 5.87. The molecule has 8 nitrogen and oxygen atoms in total. The summed E-state index contributed by atoms with van der Waals surface area (Å²) in [4.78, 5) is 37.6. The monoisotopic (exact) mass is 635 g/mol. The number of thiophene rings is 1. The van der Waals surface area contributed by atoms with Gasteiger partial charge in [0.1, 0.15) is 11.2 Å². The van der Waals surface area contributed by atoms with Crippen LogP contribution in [0, 0.1) is 11.2 Å². The number of para-hydroxylation sites is 1. The summed E-state index contributed by atoms with van der Waals surface area (Å²) in [5.41, 5.74) is 8.26. The number of nitrogens with two attached hydrogens (primary N) is 1. The summed E-state index contributed by atoms with van der Waals surface area (Å²) in [6.07, 6.45) is 2.39. The van der Waals surface area contributed by atoms with Crippen molar-refractivity contribution < 1.29 is 18.7 Å². The highest BCUT2D eigenvalue weighted by molar-refractivity contribution is 7.22. The van der Waals surface area contributed by atoms with E-state index in [1.165, 1.54) is 22.6 Å². The highest BCUT2D eigenvalue weighted by Gasteiger charge is 2.57. The van der Waals surface area contributed by atoms with Gasteiger partial charge in [-0.3, -0.25) is 24.4 Å². The number of nitrogens with zero attached hydrogens (tertiary/aromatic N) is 4. The van der Waals surface area contributed by atoms with Crippen LogP contribution in [0.3, 0.4) is 0 Å². The van der Waals surface area contributed by atoms with E-state index < -0.39 is 23.0 Å². The number of hydrogen-bond acceptors (Lipinski definition) is 7. The largest absolute Gasteiger partial charge is 0.453 e. The van der Waals surface area contributed by atoms with Gasteiger partial charge in [-0.25, -0.2) is 4.39 Å². The molecule has 0 atom stereocenters. The van der Waals surface area contributed by atoms with Crippen molar-refractivity contribution in [1.82, 2.24) is 14.8 Å². The predicted octanol–water partition coefficient (Wildman–Crippen LogP) is 6.57. The summed E-state index contributed by atoms with van der Waals surface area (Å²) in [5.74, 6) is -1.28. The summed E-state index contributed by atoms with van der Waals surface area (Å²) in [6.45, 7) is 5.27. The van der Waals surface area contributed by atoms with E-state index in [0.29, 0.717) is 24.3 Å². The van der Waals surface area contributed by atoms with Crippen molar-refractivity contribution in [3.05, 3.63) is 103 Å². The van der Waals surface area contributed by atoms with E-state index in [0.717, 1.165) is 53.4 Å². The van der Waals surface area contributed by atoms with Gasteiger partial charge in [-0.2, -0.15) is 0 Å². The van der Waals surface area contributed by atoms with Crippen molar-refractivity contribution >= 4 is 44.7 Å². The minimum atomic E-state index is -1.27. The molecule has 2 fully saturated rings. The summed E-state index contributed by atoms with van der Waals surface area (Å²) in [6, 6.07) is 25.6. The van der Waals surface area contributed by atoms with Gasteiger partial charge in [0.05, 0.1) is 15.9 Å². The van der Waals surface area contributed by atoms with Crippen LogP contribution in [0.2, 0.25) is 0 Å². The molecule has 3 heterocycles. The first-order valence-corrected chi connectivity index (χ1v) is 16.2. The van der Waals surface area contributed by atoms with E-state index in [2.05, 4.69) is 46.1 Å². The number of carbonyl (C=O) groups excluding carboxylic acids is 2. The van der Waals surface area contributed by atoms with Gasteiger partial charge >= 0.3 is 0 Å². The maximum absolute atomic E-state index is 15.7. The van der Waals surface area contributed by atoms with Crippen molar-refractivity contribution in [2.45, 2.75) is 19.4 Å². The zero-order valence-corrected chi connectivity index (χ0v) is 26.3. The van der Waals surface area contributed by atoms with E-state index in [9.17, 15) is 9.59 Å². The number of piperazine rings is 1. The molecule has 0 bridgehead atoms. The standard InChI is InChI=1S/C36H34FN5O3S/c1-40-17-19-41(20-18-40)23-24-7-9-25(10-8-24)32-22-29-33(46-32)31(13-16-39-29)45-30-12-11-27(21-28(30)37)42(26-5-3-2-4-6-26)35(44)36(14-15-36)34(38)43/h2-13,16,21-22H,14-15,17-20,23H2,1H3,(H2,38,43). The quantitative estimate of drug-likeness (QED) is 0.184.